The summed E-state index contributed by atoms with van der Waals surface area (Å²) < 4.78 is 5.85. The second-order valence-electron chi connectivity index (χ2n) is 7.38. The lowest BCUT2D eigenvalue weighted by molar-refractivity contribution is 0.221. The third-order valence-electron chi connectivity index (χ3n) is 4.69. The van der Waals surface area contributed by atoms with Crippen molar-refractivity contribution in [1.82, 2.24) is 15.5 Å². The first-order chi connectivity index (χ1) is 13.1. The Hall–Kier alpha value is -2.01. The minimum Gasteiger partial charge on any atom is -0.493 e. The van der Waals surface area contributed by atoms with Crippen LogP contribution in [0.2, 0.25) is 0 Å². The Labute approximate surface area is 164 Å². The number of hydrogen-bond donors (Lipinski definition) is 2. The van der Waals surface area contributed by atoms with Crippen LogP contribution >= 0.6 is 0 Å². The standard InChI is InChI=1S/C22H36N4O/c1-5-23-22(25-20-11-14-26(15-12-20)17-18(2)3)24-13-8-16-27-21-10-7-6-9-19(21)4/h6-7,9-10,20H,2,5,8,11-17H2,1,3-4H3,(H2,23,24,25). The molecule has 0 saturated carbocycles. The van der Waals surface area contributed by atoms with Gasteiger partial charge in [-0.1, -0.05) is 30.4 Å². The van der Waals surface area contributed by atoms with Gasteiger partial charge < -0.3 is 15.4 Å². The molecule has 2 N–H and O–H groups in total. The van der Waals surface area contributed by atoms with E-state index in [4.69, 9.17) is 9.73 Å². The summed E-state index contributed by atoms with van der Waals surface area (Å²) in [6.07, 6.45) is 3.20. The Morgan fingerprint density at radius 3 is 2.70 bits per heavy atom. The summed E-state index contributed by atoms with van der Waals surface area (Å²) in [4.78, 5) is 7.19. The average molecular weight is 373 g/mol. The zero-order chi connectivity index (χ0) is 19.5. The monoisotopic (exact) mass is 372 g/mol. The molecule has 1 heterocycles. The smallest absolute Gasteiger partial charge is 0.191 e. The molecular formula is C22H36N4O. The second-order valence-corrected chi connectivity index (χ2v) is 7.38. The highest BCUT2D eigenvalue weighted by Crippen LogP contribution is 2.16. The summed E-state index contributed by atoms with van der Waals surface area (Å²) in [5, 5.41) is 6.96. The Morgan fingerprint density at radius 2 is 2.04 bits per heavy atom. The van der Waals surface area contributed by atoms with Crippen LogP contribution in [0.3, 0.4) is 0 Å². The average Bonchev–Trinajstić information content (AvgIpc) is 2.64. The molecule has 0 bridgehead atoms. The van der Waals surface area contributed by atoms with Crippen LogP contribution in [-0.2, 0) is 0 Å². The van der Waals surface area contributed by atoms with Crippen molar-refractivity contribution in [2.24, 2.45) is 4.99 Å². The van der Waals surface area contributed by atoms with E-state index in [9.17, 15) is 0 Å². The van der Waals surface area contributed by atoms with Crippen LogP contribution in [-0.4, -0.2) is 56.2 Å². The molecule has 150 valence electrons. The molecule has 0 spiro atoms. The fraction of sp³-hybridized carbons (Fsp3) is 0.591. The van der Waals surface area contributed by atoms with Crippen molar-refractivity contribution in [2.75, 3.05) is 39.3 Å². The van der Waals surface area contributed by atoms with E-state index in [0.29, 0.717) is 12.6 Å². The molecule has 1 aromatic rings. The molecule has 1 saturated heterocycles. The Morgan fingerprint density at radius 1 is 1.30 bits per heavy atom. The molecule has 1 aromatic carbocycles. The van der Waals surface area contributed by atoms with Crippen molar-refractivity contribution in [1.29, 1.82) is 0 Å². The molecule has 1 fully saturated rings. The number of aryl methyl sites for hydroxylation is 1. The van der Waals surface area contributed by atoms with Gasteiger partial charge in [0.2, 0.25) is 0 Å². The number of guanidine groups is 1. The van der Waals surface area contributed by atoms with Gasteiger partial charge in [0.25, 0.3) is 0 Å². The van der Waals surface area contributed by atoms with Crippen LogP contribution in [0.15, 0.2) is 41.4 Å². The number of nitrogens with one attached hydrogen (secondary N) is 2. The van der Waals surface area contributed by atoms with Crippen molar-refractivity contribution in [3.8, 4) is 5.75 Å². The third-order valence-corrected chi connectivity index (χ3v) is 4.69. The maximum atomic E-state index is 5.85. The number of nitrogens with zero attached hydrogens (tertiary/aromatic N) is 2. The summed E-state index contributed by atoms with van der Waals surface area (Å²) >= 11 is 0. The van der Waals surface area contributed by atoms with E-state index >= 15 is 0 Å². The molecule has 5 nitrogen and oxygen atoms in total. The molecule has 5 heteroatoms. The van der Waals surface area contributed by atoms with E-state index in [2.05, 4.69) is 49.0 Å². The van der Waals surface area contributed by atoms with E-state index in [1.807, 2.05) is 18.2 Å². The lowest BCUT2D eigenvalue weighted by Gasteiger charge is -2.33. The van der Waals surface area contributed by atoms with Crippen LogP contribution in [0.5, 0.6) is 5.75 Å². The maximum Gasteiger partial charge on any atom is 0.191 e. The summed E-state index contributed by atoms with van der Waals surface area (Å²) in [7, 11) is 0. The van der Waals surface area contributed by atoms with Crippen molar-refractivity contribution in [2.45, 2.75) is 46.1 Å². The molecule has 1 aliphatic rings. The highest BCUT2D eigenvalue weighted by Gasteiger charge is 2.19. The first kappa shape index (κ1) is 21.3. The van der Waals surface area contributed by atoms with Gasteiger partial charge in [-0.05, 0) is 45.2 Å². The zero-order valence-electron chi connectivity index (χ0n) is 17.3. The number of ether oxygens (including phenoxy) is 1. The highest BCUT2D eigenvalue weighted by atomic mass is 16.5. The Kier molecular flexibility index (Phi) is 9.19. The van der Waals surface area contributed by atoms with Crippen LogP contribution in [0, 0.1) is 6.92 Å². The second kappa shape index (κ2) is 11.7. The van der Waals surface area contributed by atoms with E-state index in [1.54, 1.807) is 0 Å². The van der Waals surface area contributed by atoms with Crippen molar-refractivity contribution >= 4 is 5.96 Å². The Balaban J connectivity index is 1.71. The van der Waals surface area contributed by atoms with Crippen molar-refractivity contribution in [3.63, 3.8) is 0 Å². The van der Waals surface area contributed by atoms with Gasteiger partial charge in [0, 0.05) is 45.2 Å². The molecule has 0 unspecified atom stereocenters. The minimum atomic E-state index is 0.493. The predicted molar refractivity (Wildman–Crippen MR) is 115 cm³/mol. The Bertz CT molecular complexity index is 606. The molecule has 2 rings (SSSR count). The molecule has 27 heavy (non-hydrogen) atoms. The molecule has 0 amide bonds. The van der Waals surface area contributed by atoms with Crippen molar-refractivity contribution in [3.05, 3.63) is 42.0 Å². The molecular weight excluding hydrogens is 336 g/mol. The predicted octanol–water partition coefficient (Wildman–Crippen LogP) is 3.36. The minimum absolute atomic E-state index is 0.493. The number of rotatable bonds is 9. The summed E-state index contributed by atoms with van der Waals surface area (Å²) in [6, 6.07) is 8.62. The lowest BCUT2D eigenvalue weighted by Crippen LogP contribution is -2.48. The van der Waals surface area contributed by atoms with Gasteiger partial charge in [-0.2, -0.15) is 0 Å². The third kappa shape index (κ3) is 8.04. The first-order valence-corrected chi connectivity index (χ1v) is 10.2. The number of piperidine rings is 1. The normalized spacial score (nSPS) is 16.2. The van der Waals surface area contributed by atoms with Gasteiger partial charge >= 0.3 is 0 Å². The molecule has 0 aromatic heterocycles. The van der Waals surface area contributed by atoms with Gasteiger partial charge in [-0.25, -0.2) is 0 Å². The van der Waals surface area contributed by atoms with Crippen LogP contribution in [0.1, 0.15) is 38.7 Å². The van der Waals surface area contributed by atoms with Gasteiger partial charge in [0.15, 0.2) is 5.96 Å². The van der Waals surface area contributed by atoms with E-state index in [0.717, 1.165) is 63.7 Å². The van der Waals surface area contributed by atoms with Crippen molar-refractivity contribution < 1.29 is 4.74 Å². The number of benzene rings is 1. The summed E-state index contributed by atoms with van der Waals surface area (Å²) in [6.45, 7) is 15.9. The van der Waals surface area contributed by atoms with Gasteiger partial charge in [0.05, 0.1) is 6.61 Å². The first-order valence-electron chi connectivity index (χ1n) is 10.2. The van der Waals surface area contributed by atoms with Gasteiger partial charge in [0.1, 0.15) is 5.75 Å². The number of para-hydroxylation sites is 1. The molecule has 1 aliphatic heterocycles. The van der Waals surface area contributed by atoms with Crippen LogP contribution < -0.4 is 15.4 Å². The maximum absolute atomic E-state index is 5.85. The number of likely N-dealkylation sites (tertiary alicyclic amines) is 1. The van der Waals surface area contributed by atoms with Crippen LogP contribution in [0.4, 0.5) is 0 Å². The van der Waals surface area contributed by atoms with Gasteiger partial charge in [-0.15, -0.1) is 0 Å². The SMILES string of the molecule is C=C(C)CN1CCC(NC(=NCCCOc2ccccc2C)NCC)CC1. The van der Waals surface area contributed by atoms with E-state index in [-0.39, 0.29) is 0 Å². The fourth-order valence-electron chi connectivity index (χ4n) is 3.29. The summed E-state index contributed by atoms with van der Waals surface area (Å²) in [5.74, 6) is 1.89. The number of aliphatic imine (C=N–C) groups is 1. The largest absolute Gasteiger partial charge is 0.493 e. The zero-order valence-corrected chi connectivity index (χ0v) is 17.3. The highest BCUT2D eigenvalue weighted by molar-refractivity contribution is 5.80. The van der Waals surface area contributed by atoms with E-state index < -0.39 is 0 Å². The molecule has 0 radical (unpaired) electrons. The quantitative estimate of drug-likeness (QED) is 0.302. The fourth-order valence-corrected chi connectivity index (χ4v) is 3.29. The topological polar surface area (TPSA) is 48.9 Å². The molecule has 0 aliphatic carbocycles. The number of hydrogen-bond acceptors (Lipinski definition) is 3. The molecule has 0 atom stereocenters. The summed E-state index contributed by atoms with van der Waals surface area (Å²) in [5.41, 5.74) is 2.42. The van der Waals surface area contributed by atoms with E-state index in [1.165, 1.54) is 11.1 Å². The van der Waals surface area contributed by atoms with Crippen LogP contribution in [0.25, 0.3) is 0 Å². The lowest BCUT2D eigenvalue weighted by atomic mass is 10.0. The van der Waals surface area contributed by atoms with Gasteiger partial charge in [-0.3, -0.25) is 9.89 Å².